The lowest BCUT2D eigenvalue weighted by Crippen LogP contribution is -2.29. The Kier molecular flexibility index (Phi) is 5.48. The molecule has 0 spiro atoms. The van der Waals surface area contributed by atoms with E-state index in [1.54, 1.807) is 18.2 Å². The first-order chi connectivity index (χ1) is 10.0. The fourth-order valence-corrected chi connectivity index (χ4v) is 2.79. The lowest BCUT2D eigenvalue weighted by atomic mass is 9.99. The number of hydrogen-bond acceptors (Lipinski definition) is 3. The fraction of sp³-hybridized carbons (Fsp3) is 0.250. The van der Waals surface area contributed by atoms with Crippen molar-refractivity contribution in [3.8, 4) is 5.75 Å². The number of rotatable bonds is 5. The Bertz CT molecular complexity index is 597. The Morgan fingerprint density at radius 3 is 2.24 bits per heavy atom. The smallest absolute Gasteiger partial charge is 0.120 e. The molecular formula is C16H18Cl2N2O. The maximum atomic E-state index is 6.27. The molecule has 112 valence electrons. The van der Waals surface area contributed by atoms with Crippen LogP contribution in [0, 0.1) is 0 Å². The van der Waals surface area contributed by atoms with Gasteiger partial charge in [0.1, 0.15) is 5.75 Å². The van der Waals surface area contributed by atoms with E-state index in [2.05, 4.69) is 5.43 Å². The summed E-state index contributed by atoms with van der Waals surface area (Å²) < 4.78 is 5.71. The first-order valence-electron chi connectivity index (χ1n) is 6.69. The highest BCUT2D eigenvalue weighted by Crippen LogP contribution is 2.34. The van der Waals surface area contributed by atoms with Gasteiger partial charge in [-0.1, -0.05) is 41.4 Å². The number of ether oxygens (including phenoxy) is 1. The Labute approximate surface area is 135 Å². The molecule has 5 heteroatoms. The van der Waals surface area contributed by atoms with Crippen LogP contribution in [0.4, 0.5) is 0 Å². The van der Waals surface area contributed by atoms with Crippen LogP contribution in [0.25, 0.3) is 0 Å². The minimum absolute atomic E-state index is 0.105. The van der Waals surface area contributed by atoms with Crippen LogP contribution in [0.15, 0.2) is 42.5 Å². The molecule has 3 N–H and O–H groups in total. The quantitative estimate of drug-likeness (QED) is 0.635. The van der Waals surface area contributed by atoms with Crippen molar-refractivity contribution in [1.29, 1.82) is 0 Å². The predicted molar refractivity (Wildman–Crippen MR) is 87.8 cm³/mol. The molecule has 0 saturated carbocycles. The van der Waals surface area contributed by atoms with Gasteiger partial charge >= 0.3 is 0 Å². The van der Waals surface area contributed by atoms with Crippen LogP contribution >= 0.6 is 23.2 Å². The number of hydrogen-bond donors (Lipinski definition) is 2. The zero-order valence-electron chi connectivity index (χ0n) is 11.9. The van der Waals surface area contributed by atoms with E-state index in [0.29, 0.717) is 10.0 Å². The van der Waals surface area contributed by atoms with Crippen LogP contribution in [0.1, 0.15) is 31.0 Å². The van der Waals surface area contributed by atoms with Crippen molar-refractivity contribution in [1.82, 2.24) is 5.43 Å². The molecule has 0 aliphatic heterocycles. The molecular weight excluding hydrogens is 307 g/mol. The molecule has 2 aromatic rings. The summed E-state index contributed by atoms with van der Waals surface area (Å²) in [5, 5.41) is 1.14. The highest BCUT2D eigenvalue weighted by Gasteiger charge is 2.19. The molecule has 1 atom stereocenters. The Balaban J connectivity index is 2.42. The second kappa shape index (κ2) is 7.14. The summed E-state index contributed by atoms with van der Waals surface area (Å²) in [6.07, 6.45) is 0.105. The Hall–Kier alpha value is -1.26. The van der Waals surface area contributed by atoms with Crippen LogP contribution in [-0.2, 0) is 0 Å². The Morgan fingerprint density at radius 2 is 1.67 bits per heavy atom. The molecule has 0 fully saturated rings. The van der Waals surface area contributed by atoms with Crippen LogP contribution in [0.2, 0.25) is 10.0 Å². The summed E-state index contributed by atoms with van der Waals surface area (Å²) >= 11 is 12.5. The average Bonchev–Trinajstić information content (AvgIpc) is 2.42. The summed E-state index contributed by atoms with van der Waals surface area (Å²) in [7, 11) is 0. The first-order valence-corrected chi connectivity index (χ1v) is 7.45. The van der Waals surface area contributed by atoms with E-state index in [4.69, 9.17) is 33.8 Å². The normalized spacial score (nSPS) is 12.5. The number of benzene rings is 2. The first kappa shape index (κ1) is 16.1. The van der Waals surface area contributed by atoms with Gasteiger partial charge in [0, 0.05) is 15.6 Å². The molecule has 0 aromatic heterocycles. The van der Waals surface area contributed by atoms with Crippen molar-refractivity contribution in [3.05, 3.63) is 63.6 Å². The largest absolute Gasteiger partial charge is 0.491 e. The van der Waals surface area contributed by atoms with E-state index >= 15 is 0 Å². The third-order valence-corrected chi connectivity index (χ3v) is 3.68. The summed E-state index contributed by atoms with van der Waals surface area (Å²) in [5.74, 6) is 6.50. The monoisotopic (exact) mass is 324 g/mol. The minimum Gasteiger partial charge on any atom is -0.491 e. The van der Waals surface area contributed by atoms with Crippen LogP contribution in [-0.4, -0.2) is 6.10 Å². The highest BCUT2D eigenvalue weighted by atomic mass is 35.5. The van der Waals surface area contributed by atoms with Gasteiger partial charge in [0.2, 0.25) is 0 Å². The van der Waals surface area contributed by atoms with Gasteiger partial charge in [-0.25, -0.2) is 5.43 Å². The number of halogens is 2. The average molecular weight is 325 g/mol. The second-order valence-electron chi connectivity index (χ2n) is 4.97. The molecule has 2 rings (SSSR count). The van der Waals surface area contributed by atoms with Gasteiger partial charge in [0.25, 0.3) is 0 Å². The molecule has 0 amide bonds. The zero-order chi connectivity index (χ0) is 15.4. The fourth-order valence-electron chi connectivity index (χ4n) is 2.17. The second-order valence-corrected chi connectivity index (χ2v) is 5.79. The van der Waals surface area contributed by atoms with Gasteiger partial charge in [0.05, 0.1) is 12.1 Å². The van der Waals surface area contributed by atoms with Gasteiger partial charge in [-0.15, -0.1) is 0 Å². The van der Waals surface area contributed by atoms with E-state index in [1.165, 1.54) is 0 Å². The van der Waals surface area contributed by atoms with Crippen molar-refractivity contribution in [2.45, 2.75) is 26.0 Å². The molecule has 21 heavy (non-hydrogen) atoms. The van der Waals surface area contributed by atoms with Crippen LogP contribution in [0.5, 0.6) is 5.75 Å². The third-order valence-electron chi connectivity index (χ3n) is 3.02. The van der Waals surface area contributed by atoms with Crippen molar-refractivity contribution >= 4 is 23.2 Å². The molecule has 0 heterocycles. The third kappa shape index (κ3) is 3.89. The lowest BCUT2D eigenvalue weighted by molar-refractivity contribution is 0.242. The predicted octanol–water partition coefficient (Wildman–Crippen LogP) is 4.33. The van der Waals surface area contributed by atoms with Crippen LogP contribution < -0.4 is 16.0 Å². The van der Waals surface area contributed by atoms with Gasteiger partial charge in [-0.2, -0.15) is 0 Å². The standard InChI is InChI=1S/C16H18Cl2N2O/c1-10(2)21-12-6-3-5-11(9-12)16(20-19)15-13(17)7-4-8-14(15)18/h3-10,16,20H,19H2,1-2H3. The van der Waals surface area contributed by atoms with E-state index in [-0.39, 0.29) is 12.1 Å². The van der Waals surface area contributed by atoms with Gasteiger partial charge in [0.15, 0.2) is 0 Å². The lowest BCUT2D eigenvalue weighted by Gasteiger charge is -2.20. The molecule has 0 saturated heterocycles. The van der Waals surface area contributed by atoms with E-state index in [0.717, 1.165) is 16.9 Å². The molecule has 0 aliphatic rings. The van der Waals surface area contributed by atoms with E-state index in [9.17, 15) is 0 Å². The van der Waals surface area contributed by atoms with Crippen molar-refractivity contribution in [2.24, 2.45) is 5.84 Å². The molecule has 0 bridgehead atoms. The molecule has 1 unspecified atom stereocenters. The van der Waals surface area contributed by atoms with Crippen molar-refractivity contribution in [2.75, 3.05) is 0 Å². The van der Waals surface area contributed by atoms with Gasteiger partial charge in [-0.3, -0.25) is 5.84 Å². The summed E-state index contributed by atoms with van der Waals surface area (Å²) in [4.78, 5) is 0. The SMILES string of the molecule is CC(C)Oc1cccc(C(NN)c2c(Cl)cccc2Cl)c1. The van der Waals surface area contributed by atoms with Gasteiger partial charge in [-0.05, 0) is 43.7 Å². The zero-order valence-corrected chi connectivity index (χ0v) is 13.4. The molecule has 0 aliphatic carbocycles. The number of nitrogens with two attached hydrogens (primary N) is 1. The summed E-state index contributed by atoms with van der Waals surface area (Å²) in [5.41, 5.74) is 4.46. The number of hydrazine groups is 1. The minimum atomic E-state index is -0.304. The molecule has 2 aromatic carbocycles. The summed E-state index contributed by atoms with van der Waals surface area (Å²) in [6, 6.07) is 12.8. The van der Waals surface area contributed by atoms with Crippen molar-refractivity contribution in [3.63, 3.8) is 0 Å². The van der Waals surface area contributed by atoms with Crippen LogP contribution in [0.3, 0.4) is 0 Å². The molecule has 3 nitrogen and oxygen atoms in total. The van der Waals surface area contributed by atoms with E-state index in [1.807, 2.05) is 38.1 Å². The Morgan fingerprint density at radius 1 is 1.05 bits per heavy atom. The van der Waals surface area contributed by atoms with Gasteiger partial charge < -0.3 is 4.74 Å². The highest BCUT2D eigenvalue weighted by molar-refractivity contribution is 6.36. The van der Waals surface area contributed by atoms with E-state index < -0.39 is 0 Å². The number of nitrogens with one attached hydrogen (secondary N) is 1. The molecule has 0 radical (unpaired) electrons. The topological polar surface area (TPSA) is 47.3 Å². The van der Waals surface area contributed by atoms with Crippen molar-refractivity contribution < 1.29 is 4.74 Å². The summed E-state index contributed by atoms with van der Waals surface area (Å²) in [6.45, 7) is 3.96. The maximum absolute atomic E-state index is 6.27. The maximum Gasteiger partial charge on any atom is 0.120 e.